The molecule has 0 heterocycles. The van der Waals surface area contributed by atoms with Gasteiger partial charge in [0.2, 0.25) is 0 Å². The van der Waals surface area contributed by atoms with E-state index in [-0.39, 0.29) is 10.8 Å². The van der Waals surface area contributed by atoms with Gasteiger partial charge in [-0.15, -0.1) is 0 Å². The molecule has 2 rings (SSSR count). The average Bonchev–Trinajstić information content (AvgIpc) is 2.39. The molecule has 0 aliphatic rings. The summed E-state index contributed by atoms with van der Waals surface area (Å²) in [6.45, 7) is 13.7. The van der Waals surface area contributed by atoms with Crippen molar-refractivity contribution in [2.24, 2.45) is 0 Å². The zero-order valence-electron chi connectivity index (χ0n) is 14.2. The van der Waals surface area contributed by atoms with Crippen LogP contribution in [-0.4, -0.2) is 0 Å². The van der Waals surface area contributed by atoms with E-state index in [4.69, 9.17) is 0 Å². The average molecular weight is 471 g/mol. The Kier molecular flexibility index (Phi) is 5.13. The summed E-state index contributed by atoms with van der Waals surface area (Å²) in [7, 11) is 0. The van der Waals surface area contributed by atoms with Gasteiger partial charge < -0.3 is 0 Å². The predicted octanol–water partition coefficient (Wildman–Crippen LogP) is 7.32. The second kappa shape index (κ2) is 6.27. The number of benzene rings is 2. The number of rotatable bonds is 1. The molecule has 0 spiro atoms. The summed E-state index contributed by atoms with van der Waals surface area (Å²) >= 11 is 5.97. The molecule has 2 aromatic rings. The van der Waals surface area contributed by atoms with Crippen LogP contribution in [0.3, 0.4) is 0 Å². The van der Waals surface area contributed by atoms with Crippen molar-refractivity contribution in [2.75, 3.05) is 0 Å². The first kappa shape index (κ1) is 18.0. The van der Waals surface area contributed by atoms with Gasteiger partial charge in [-0.3, -0.25) is 0 Å². The molecule has 0 amide bonds. The Morgan fingerprint density at radius 1 is 0.727 bits per heavy atom. The van der Waals surface area contributed by atoms with Crippen molar-refractivity contribution < 1.29 is 0 Å². The smallest absolute Gasteiger partial charge is 0.0309 e. The van der Waals surface area contributed by atoms with Crippen LogP contribution in [0.2, 0.25) is 0 Å². The Hall–Kier alpha value is -0.350. The van der Waals surface area contributed by atoms with E-state index >= 15 is 0 Å². The van der Waals surface area contributed by atoms with E-state index in [1.54, 1.807) is 0 Å². The fraction of sp³-hybridized carbons (Fsp3) is 0.400. The van der Waals surface area contributed by atoms with Gasteiger partial charge in [0.05, 0.1) is 0 Å². The molecule has 118 valence electrons. The lowest BCUT2D eigenvalue weighted by Gasteiger charge is -2.26. The number of hydrogen-bond acceptors (Lipinski definition) is 0. The molecule has 0 bridgehead atoms. The van der Waals surface area contributed by atoms with Crippen LogP contribution in [-0.2, 0) is 10.8 Å². The molecule has 0 radical (unpaired) electrons. The third-order valence-electron chi connectivity index (χ3n) is 3.92. The summed E-state index contributed by atoms with van der Waals surface area (Å²) < 4.78 is 2.40. The highest BCUT2D eigenvalue weighted by Gasteiger charge is 2.21. The Morgan fingerprint density at radius 2 is 1.23 bits per heavy atom. The van der Waals surface area contributed by atoms with E-state index < -0.39 is 0 Å². The van der Waals surface area contributed by atoms with Crippen molar-refractivity contribution in [3.8, 4) is 11.1 Å². The first-order valence-corrected chi connectivity index (χ1v) is 9.47. The maximum atomic E-state index is 3.59. The van der Waals surface area contributed by atoms with Crippen LogP contribution in [0.15, 0.2) is 40.9 Å². The van der Waals surface area contributed by atoms with Crippen molar-refractivity contribution >= 4 is 38.5 Å². The zero-order chi connectivity index (χ0) is 16.7. The molecule has 0 aromatic heterocycles. The molecule has 0 aliphatic heterocycles. The first-order valence-electron chi connectivity index (χ1n) is 7.60. The monoisotopic (exact) mass is 470 g/mol. The molecule has 22 heavy (non-hydrogen) atoms. The molecule has 0 atom stereocenters. The molecular formula is C20H24BrI. The third kappa shape index (κ3) is 4.14. The maximum Gasteiger partial charge on any atom is 0.0309 e. The Bertz CT molecular complexity index is 656. The Morgan fingerprint density at radius 3 is 1.64 bits per heavy atom. The summed E-state index contributed by atoms with van der Waals surface area (Å²) in [5.74, 6) is 0. The van der Waals surface area contributed by atoms with Crippen molar-refractivity contribution in [1.29, 1.82) is 0 Å². The molecular weight excluding hydrogens is 447 g/mol. The quantitative estimate of drug-likeness (QED) is 0.383. The fourth-order valence-corrected chi connectivity index (χ4v) is 3.10. The van der Waals surface area contributed by atoms with Gasteiger partial charge in [0.1, 0.15) is 0 Å². The van der Waals surface area contributed by atoms with E-state index in [2.05, 4.69) is 116 Å². The zero-order valence-corrected chi connectivity index (χ0v) is 18.0. The standard InChI is InChI=1S/C20H24BrI/c1-19(2,3)15-9-14(10-16(12-15)20(4,5)6)13-7-8-17(21)18(22)11-13/h7-12H,1-6H3. The molecule has 2 heteroatoms. The van der Waals surface area contributed by atoms with Crippen LogP contribution >= 0.6 is 38.5 Å². The summed E-state index contributed by atoms with van der Waals surface area (Å²) in [6.07, 6.45) is 0. The lowest BCUT2D eigenvalue weighted by atomic mass is 9.79. The van der Waals surface area contributed by atoms with Gasteiger partial charge in [0.25, 0.3) is 0 Å². The van der Waals surface area contributed by atoms with Crippen LogP contribution in [0.25, 0.3) is 11.1 Å². The van der Waals surface area contributed by atoms with Crippen molar-refractivity contribution in [3.05, 3.63) is 55.6 Å². The molecule has 0 unspecified atom stereocenters. The summed E-state index contributed by atoms with van der Waals surface area (Å²) in [6, 6.07) is 13.6. The minimum absolute atomic E-state index is 0.151. The van der Waals surface area contributed by atoms with Crippen molar-refractivity contribution in [1.82, 2.24) is 0 Å². The molecule has 0 nitrogen and oxygen atoms in total. The van der Waals surface area contributed by atoms with Gasteiger partial charge in [0.15, 0.2) is 0 Å². The third-order valence-corrected chi connectivity index (χ3v) is 6.24. The molecule has 0 N–H and O–H groups in total. The van der Waals surface area contributed by atoms with Crippen molar-refractivity contribution in [3.63, 3.8) is 0 Å². The molecule has 0 fully saturated rings. The number of hydrogen-bond donors (Lipinski definition) is 0. The Labute approximate surface area is 157 Å². The van der Waals surface area contributed by atoms with Gasteiger partial charge in [0, 0.05) is 8.04 Å². The van der Waals surface area contributed by atoms with Crippen LogP contribution in [0.4, 0.5) is 0 Å². The second-order valence-corrected chi connectivity index (χ2v) is 9.94. The molecule has 0 saturated carbocycles. The van der Waals surface area contributed by atoms with Crippen molar-refractivity contribution in [2.45, 2.75) is 52.4 Å². The maximum absolute atomic E-state index is 3.59. The highest BCUT2D eigenvalue weighted by atomic mass is 127. The van der Waals surface area contributed by atoms with E-state index in [0.717, 1.165) is 4.47 Å². The van der Waals surface area contributed by atoms with Crippen LogP contribution in [0, 0.1) is 3.57 Å². The van der Waals surface area contributed by atoms with Gasteiger partial charge in [-0.05, 0) is 83.7 Å². The summed E-state index contributed by atoms with van der Waals surface area (Å²) in [4.78, 5) is 0. The fourth-order valence-electron chi connectivity index (χ4n) is 2.34. The van der Waals surface area contributed by atoms with Gasteiger partial charge in [-0.25, -0.2) is 0 Å². The van der Waals surface area contributed by atoms with E-state index in [1.807, 2.05) is 0 Å². The van der Waals surface area contributed by atoms with Crippen LogP contribution < -0.4 is 0 Å². The highest BCUT2D eigenvalue weighted by Crippen LogP contribution is 2.35. The normalized spacial score (nSPS) is 12.5. The van der Waals surface area contributed by atoms with E-state index in [9.17, 15) is 0 Å². The Balaban J connectivity index is 2.67. The highest BCUT2D eigenvalue weighted by molar-refractivity contribution is 14.1. The van der Waals surface area contributed by atoms with Gasteiger partial charge in [-0.2, -0.15) is 0 Å². The first-order chi connectivity index (χ1) is 9.98. The largest absolute Gasteiger partial charge is 0.0561 e. The molecule has 0 aliphatic carbocycles. The summed E-state index contributed by atoms with van der Waals surface area (Å²) in [5.41, 5.74) is 5.68. The molecule has 0 saturated heterocycles. The SMILES string of the molecule is CC(C)(C)c1cc(-c2ccc(Br)c(I)c2)cc(C(C)(C)C)c1. The summed E-state index contributed by atoms with van der Waals surface area (Å²) in [5, 5.41) is 0. The minimum Gasteiger partial charge on any atom is -0.0561 e. The predicted molar refractivity (Wildman–Crippen MR) is 110 cm³/mol. The van der Waals surface area contributed by atoms with Crippen LogP contribution in [0.1, 0.15) is 52.7 Å². The topological polar surface area (TPSA) is 0 Å². The minimum atomic E-state index is 0.151. The van der Waals surface area contributed by atoms with Gasteiger partial charge >= 0.3 is 0 Å². The van der Waals surface area contributed by atoms with Crippen LogP contribution in [0.5, 0.6) is 0 Å². The van der Waals surface area contributed by atoms with Gasteiger partial charge in [-0.1, -0.05) is 65.8 Å². The lowest BCUT2D eigenvalue weighted by Crippen LogP contribution is -2.16. The van der Waals surface area contributed by atoms with E-state index in [0.29, 0.717) is 0 Å². The second-order valence-electron chi connectivity index (χ2n) is 7.93. The lowest BCUT2D eigenvalue weighted by molar-refractivity contribution is 0.569. The number of halogens is 2. The molecule has 2 aromatic carbocycles. The van der Waals surface area contributed by atoms with E-state index in [1.165, 1.54) is 25.8 Å².